The Morgan fingerprint density at radius 2 is 2.21 bits per heavy atom. The topological polar surface area (TPSA) is 83.9 Å². The fourth-order valence-electron chi connectivity index (χ4n) is 3.44. The maximum absolute atomic E-state index is 12.0. The normalized spacial score (nSPS) is 19.7. The van der Waals surface area contributed by atoms with Crippen molar-refractivity contribution in [1.82, 2.24) is 24.6 Å². The van der Waals surface area contributed by atoms with Gasteiger partial charge in [-0.3, -0.25) is 10.00 Å². The molecule has 0 unspecified atom stereocenters. The number of likely N-dealkylation sites (tertiary alicyclic amines) is 1. The van der Waals surface area contributed by atoms with Gasteiger partial charge in [-0.2, -0.15) is 5.10 Å². The van der Waals surface area contributed by atoms with E-state index in [0.29, 0.717) is 10.6 Å². The van der Waals surface area contributed by atoms with Crippen LogP contribution in [0.2, 0.25) is 0 Å². The van der Waals surface area contributed by atoms with E-state index in [1.807, 2.05) is 12.4 Å². The molecule has 2 aromatic heterocycles. The van der Waals surface area contributed by atoms with E-state index in [9.17, 15) is 8.42 Å². The summed E-state index contributed by atoms with van der Waals surface area (Å²) in [6, 6.07) is 0.0396. The summed E-state index contributed by atoms with van der Waals surface area (Å²) in [5, 5.41) is 6.92. The summed E-state index contributed by atoms with van der Waals surface area (Å²) in [7, 11) is -3.28. The van der Waals surface area contributed by atoms with Gasteiger partial charge in [0, 0.05) is 25.2 Å². The SMILES string of the molecule is CCCn1ccnc1CN1CCCC[C@@H]1c1[nH]ncc1S(C)(=O)=O. The number of nitrogens with one attached hydrogen (secondary N) is 1. The lowest BCUT2D eigenvalue weighted by Gasteiger charge is -2.35. The van der Waals surface area contributed by atoms with Gasteiger partial charge in [0.25, 0.3) is 0 Å². The number of aryl methyl sites for hydroxylation is 1. The highest BCUT2D eigenvalue weighted by atomic mass is 32.2. The fourth-order valence-corrected chi connectivity index (χ4v) is 4.27. The van der Waals surface area contributed by atoms with Crippen LogP contribution in [0.4, 0.5) is 0 Å². The van der Waals surface area contributed by atoms with Crippen molar-refractivity contribution in [1.29, 1.82) is 0 Å². The van der Waals surface area contributed by atoms with Crippen molar-refractivity contribution in [3.05, 3.63) is 30.1 Å². The monoisotopic (exact) mass is 351 g/mol. The molecule has 0 radical (unpaired) electrons. The zero-order valence-corrected chi connectivity index (χ0v) is 15.1. The smallest absolute Gasteiger partial charge is 0.178 e. The third-order valence-corrected chi connectivity index (χ3v) is 5.71. The minimum Gasteiger partial charge on any atom is -0.334 e. The molecule has 132 valence electrons. The molecule has 2 aromatic rings. The molecule has 3 rings (SSSR count). The van der Waals surface area contributed by atoms with Crippen LogP contribution in [-0.2, 0) is 22.9 Å². The molecule has 0 bridgehead atoms. The molecule has 1 aliphatic rings. The van der Waals surface area contributed by atoms with E-state index < -0.39 is 9.84 Å². The summed E-state index contributed by atoms with van der Waals surface area (Å²) in [5.74, 6) is 1.03. The van der Waals surface area contributed by atoms with Gasteiger partial charge < -0.3 is 4.57 Å². The lowest BCUT2D eigenvalue weighted by atomic mass is 9.99. The molecule has 1 fully saturated rings. The van der Waals surface area contributed by atoms with Crippen molar-refractivity contribution in [2.45, 2.75) is 56.6 Å². The molecule has 0 aliphatic carbocycles. The minimum absolute atomic E-state index is 0.0396. The van der Waals surface area contributed by atoms with Gasteiger partial charge in [-0.05, 0) is 25.8 Å². The number of piperidine rings is 1. The molecular weight excluding hydrogens is 326 g/mol. The number of H-pyrrole nitrogens is 1. The van der Waals surface area contributed by atoms with Crippen molar-refractivity contribution >= 4 is 9.84 Å². The van der Waals surface area contributed by atoms with E-state index in [1.165, 1.54) is 12.5 Å². The summed E-state index contributed by atoms with van der Waals surface area (Å²) in [4.78, 5) is 7.13. The molecule has 0 saturated carbocycles. The van der Waals surface area contributed by atoms with Crippen LogP contribution in [0.3, 0.4) is 0 Å². The quantitative estimate of drug-likeness (QED) is 0.862. The Balaban J connectivity index is 1.87. The lowest BCUT2D eigenvalue weighted by molar-refractivity contribution is 0.130. The zero-order valence-electron chi connectivity index (χ0n) is 14.3. The maximum Gasteiger partial charge on any atom is 0.178 e. The molecule has 24 heavy (non-hydrogen) atoms. The molecule has 8 heteroatoms. The standard InChI is InChI=1S/C16H25N5O2S/c1-3-8-20-10-7-17-15(20)12-21-9-5-4-6-13(21)16-14(11-18-19-16)24(2,22)23/h7,10-11,13H,3-6,8-9,12H2,1-2H3,(H,18,19)/t13-/m1/s1. The second-order valence-electron chi connectivity index (χ2n) is 6.44. The van der Waals surface area contributed by atoms with E-state index in [-0.39, 0.29) is 6.04 Å². The fraction of sp³-hybridized carbons (Fsp3) is 0.625. The van der Waals surface area contributed by atoms with Crippen LogP contribution in [0.5, 0.6) is 0 Å². The predicted molar refractivity (Wildman–Crippen MR) is 91.2 cm³/mol. The van der Waals surface area contributed by atoms with Gasteiger partial charge in [-0.1, -0.05) is 13.3 Å². The van der Waals surface area contributed by atoms with Crippen molar-refractivity contribution < 1.29 is 8.42 Å². The average molecular weight is 351 g/mol. The Morgan fingerprint density at radius 1 is 1.38 bits per heavy atom. The van der Waals surface area contributed by atoms with Gasteiger partial charge in [0.15, 0.2) is 9.84 Å². The van der Waals surface area contributed by atoms with Gasteiger partial charge in [0.1, 0.15) is 10.7 Å². The molecule has 1 N–H and O–H groups in total. The van der Waals surface area contributed by atoms with Gasteiger partial charge in [-0.15, -0.1) is 0 Å². The van der Waals surface area contributed by atoms with E-state index in [4.69, 9.17) is 0 Å². The van der Waals surface area contributed by atoms with Crippen LogP contribution in [0.15, 0.2) is 23.5 Å². The predicted octanol–water partition coefficient (Wildman–Crippen LogP) is 2.15. The van der Waals surface area contributed by atoms with Gasteiger partial charge in [0.05, 0.1) is 24.5 Å². The van der Waals surface area contributed by atoms with Gasteiger partial charge in [-0.25, -0.2) is 13.4 Å². The Bertz CT molecular complexity index is 780. The maximum atomic E-state index is 12.0. The second kappa shape index (κ2) is 7.06. The number of rotatable bonds is 6. The largest absolute Gasteiger partial charge is 0.334 e. The van der Waals surface area contributed by atoms with E-state index in [1.54, 1.807) is 0 Å². The Labute approximate surface area is 143 Å². The Hall–Kier alpha value is -1.67. The number of sulfone groups is 1. The van der Waals surface area contributed by atoms with Crippen molar-refractivity contribution in [2.75, 3.05) is 12.8 Å². The summed E-state index contributed by atoms with van der Waals surface area (Å²) in [6.07, 6.45) is 10.7. The zero-order chi connectivity index (χ0) is 17.2. The highest BCUT2D eigenvalue weighted by molar-refractivity contribution is 7.90. The van der Waals surface area contributed by atoms with Crippen LogP contribution >= 0.6 is 0 Å². The molecule has 1 aliphatic heterocycles. The van der Waals surface area contributed by atoms with Crippen LogP contribution in [-0.4, -0.2) is 45.9 Å². The number of nitrogens with zero attached hydrogens (tertiary/aromatic N) is 4. The molecule has 0 amide bonds. The molecule has 3 heterocycles. The van der Waals surface area contributed by atoms with E-state index in [0.717, 1.165) is 51.1 Å². The number of imidazole rings is 1. The molecule has 0 spiro atoms. The van der Waals surface area contributed by atoms with Crippen molar-refractivity contribution in [2.24, 2.45) is 0 Å². The molecular formula is C16H25N5O2S. The molecule has 0 aromatic carbocycles. The first-order valence-electron chi connectivity index (χ1n) is 8.48. The summed E-state index contributed by atoms with van der Waals surface area (Å²) >= 11 is 0. The average Bonchev–Trinajstić information content (AvgIpc) is 3.18. The number of aromatic nitrogens is 4. The first-order chi connectivity index (χ1) is 11.5. The molecule has 1 saturated heterocycles. The van der Waals surface area contributed by atoms with Crippen molar-refractivity contribution in [3.63, 3.8) is 0 Å². The highest BCUT2D eigenvalue weighted by Crippen LogP contribution is 2.34. The number of aromatic amines is 1. The lowest BCUT2D eigenvalue weighted by Crippen LogP contribution is -2.34. The highest BCUT2D eigenvalue weighted by Gasteiger charge is 2.30. The van der Waals surface area contributed by atoms with Gasteiger partial charge in [0.2, 0.25) is 0 Å². The summed E-state index contributed by atoms with van der Waals surface area (Å²) < 4.78 is 26.2. The van der Waals surface area contributed by atoms with E-state index >= 15 is 0 Å². The first-order valence-corrected chi connectivity index (χ1v) is 10.4. The Kier molecular flexibility index (Phi) is 5.05. The van der Waals surface area contributed by atoms with Crippen LogP contribution in [0.25, 0.3) is 0 Å². The van der Waals surface area contributed by atoms with Gasteiger partial charge >= 0.3 is 0 Å². The molecule has 1 atom stereocenters. The first kappa shape index (κ1) is 17.2. The van der Waals surface area contributed by atoms with Crippen LogP contribution < -0.4 is 0 Å². The van der Waals surface area contributed by atoms with Crippen molar-refractivity contribution in [3.8, 4) is 0 Å². The van der Waals surface area contributed by atoms with Crippen LogP contribution in [0, 0.1) is 0 Å². The van der Waals surface area contributed by atoms with E-state index in [2.05, 4.69) is 31.6 Å². The molecule has 7 nitrogen and oxygen atoms in total. The summed E-state index contributed by atoms with van der Waals surface area (Å²) in [6.45, 7) is 4.76. The Morgan fingerprint density at radius 3 is 2.96 bits per heavy atom. The summed E-state index contributed by atoms with van der Waals surface area (Å²) in [5.41, 5.74) is 0.714. The number of hydrogen-bond acceptors (Lipinski definition) is 5. The third-order valence-electron chi connectivity index (χ3n) is 4.59. The minimum atomic E-state index is -3.28. The second-order valence-corrected chi connectivity index (χ2v) is 8.42. The number of hydrogen-bond donors (Lipinski definition) is 1. The third kappa shape index (κ3) is 3.54. The van der Waals surface area contributed by atoms with Crippen LogP contribution in [0.1, 0.15) is 50.2 Å².